The molecule has 0 radical (unpaired) electrons. The van der Waals surface area contributed by atoms with E-state index in [2.05, 4.69) is 125 Å². The predicted octanol–water partition coefficient (Wildman–Crippen LogP) is 9.41. The summed E-state index contributed by atoms with van der Waals surface area (Å²) in [4.78, 5) is 4.60. The highest BCUT2D eigenvalue weighted by atomic mass is 16.3. The average Bonchev–Trinajstić information content (AvgIpc) is 3.53. The van der Waals surface area contributed by atoms with Crippen molar-refractivity contribution in [2.24, 2.45) is 0 Å². The van der Waals surface area contributed by atoms with E-state index in [0.29, 0.717) is 0 Å². The SMILES string of the molecule is c1ccc(-c2cc(-c3cccc4c3oc3cccnc34)cc(-n3c4ccccc4c4ccccc43)c2)cc1. The zero-order valence-electron chi connectivity index (χ0n) is 20.5. The van der Waals surface area contributed by atoms with Crippen molar-refractivity contribution in [2.45, 2.75) is 0 Å². The molecule has 3 heterocycles. The van der Waals surface area contributed by atoms with Crippen LogP contribution in [0.4, 0.5) is 0 Å². The summed E-state index contributed by atoms with van der Waals surface area (Å²) in [5, 5.41) is 3.53. The minimum atomic E-state index is 0.803. The number of nitrogens with zero attached hydrogens (tertiary/aromatic N) is 2. The summed E-state index contributed by atoms with van der Waals surface area (Å²) in [5.74, 6) is 0. The molecule has 0 amide bonds. The lowest BCUT2D eigenvalue weighted by molar-refractivity contribution is 0.669. The summed E-state index contributed by atoms with van der Waals surface area (Å²) in [7, 11) is 0. The molecule has 0 aliphatic carbocycles. The topological polar surface area (TPSA) is 31.0 Å². The first-order valence-corrected chi connectivity index (χ1v) is 12.8. The molecule has 0 bridgehead atoms. The lowest BCUT2D eigenvalue weighted by atomic mass is 9.97. The van der Waals surface area contributed by atoms with Crippen LogP contribution in [0.15, 0.2) is 138 Å². The summed E-state index contributed by atoms with van der Waals surface area (Å²) in [5.41, 5.74) is 10.5. The van der Waals surface area contributed by atoms with Gasteiger partial charge in [-0.15, -0.1) is 0 Å². The second-order valence-electron chi connectivity index (χ2n) is 9.64. The van der Waals surface area contributed by atoms with Gasteiger partial charge in [-0.25, -0.2) is 0 Å². The smallest absolute Gasteiger partial charge is 0.153 e. The van der Waals surface area contributed by atoms with E-state index in [1.807, 2.05) is 18.3 Å². The van der Waals surface area contributed by atoms with Gasteiger partial charge in [0.15, 0.2) is 5.58 Å². The molecule has 0 aliphatic heterocycles. The fraction of sp³-hybridized carbons (Fsp3) is 0. The highest BCUT2D eigenvalue weighted by molar-refractivity contribution is 6.10. The van der Waals surface area contributed by atoms with Gasteiger partial charge in [-0.05, 0) is 65.2 Å². The van der Waals surface area contributed by atoms with Crippen molar-refractivity contribution in [3.05, 3.63) is 134 Å². The van der Waals surface area contributed by atoms with E-state index < -0.39 is 0 Å². The predicted molar refractivity (Wildman–Crippen MR) is 157 cm³/mol. The van der Waals surface area contributed by atoms with E-state index in [0.717, 1.165) is 44.4 Å². The molecule has 3 heteroatoms. The van der Waals surface area contributed by atoms with Gasteiger partial charge in [-0.2, -0.15) is 0 Å². The molecule has 3 aromatic heterocycles. The van der Waals surface area contributed by atoms with Gasteiger partial charge in [-0.3, -0.25) is 4.98 Å². The number of benzene rings is 5. The molecule has 0 saturated carbocycles. The van der Waals surface area contributed by atoms with Gasteiger partial charge in [-0.1, -0.05) is 78.9 Å². The van der Waals surface area contributed by atoms with Crippen LogP contribution in [0.3, 0.4) is 0 Å². The number of para-hydroxylation sites is 3. The number of hydrogen-bond acceptors (Lipinski definition) is 2. The average molecular weight is 487 g/mol. The Morgan fingerprint density at radius 2 is 1.21 bits per heavy atom. The molecular weight excluding hydrogens is 464 g/mol. The lowest BCUT2D eigenvalue weighted by Gasteiger charge is -2.14. The molecule has 5 aromatic carbocycles. The molecule has 0 atom stereocenters. The number of pyridine rings is 1. The van der Waals surface area contributed by atoms with Gasteiger partial charge in [0.25, 0.3) is 0 Å². The van der Waals surface area contributed by atoms with Crippen LogP contribution in [-0.2, 0) is 0 Å². The fourth-order valence-corrected chi connectivity index (χ4v) is 5.74. The Morgan fingerprint density at radius 3 is 2.00 bits per heavy atom. The maximum Gasteiger partial charge on any atom is 0.153 e. The molecule has 0 N–H and O–H groups in total. The van der Waals surface area contributed by atoms with Gasteiger partial charge in [0, 0.05) is 33.6 Å². The molecule has 38 heavy (non-hydrogen) atoms. The fourth-order valence-electron chi connectivity index (χ4n) is 5.74. The van der Waals surface area contributed by atoms with Crippen LogP contribution < -0.4 is 0 Å². The van der Waals surface area contributed by atoms with E-state index in [1.54, 1.807) is 0 Å². The zero-order valence-corrected chi connectivity index (χ0v) is 20.5. The summed E-state index contributed by atoms with van der Waals surface area (Å²) < 4.78 is 8.76. The van der Waals surface area contributed by atoms with Gasteiger partial charge >= 0.3 is 0 Å². The molecular formula is C35H22N2O. The number of hydrogen-bond donors (Lipinski definition) is 0. The standard InChI is InChI=1S/C35H22N2O/c1-2-10-23(11-3-1)24-20-25(27-14-8-15-30-34-33(38-35(27)30)18-9-19-36-34)22-26(21-24)37-31-16-6-4-12-28(31)29-13-5-7-17-32(29)37/h1-22H. The first-order valence-electron chi connectivity index (χ1n) is 12.8. The second kappa shape index (κ2) is 8.19. The third kappa shape index (κ3) is 3.12. The third-order valence-corrected chi connectivity index (χ3v) is 7.43. The van der Waals surface area contributed by atoms with Crippen molar-refractivity contribution in [3.8, 4) is 27.9 Å². The largest absolute Gasteiger partial charge is 0.454 e. The molecule has 8 rings (SSSR count). The molecule has 0 unspecified atom stereocenters. The summed E-state index contributed by atoms with van der Waals surface area (Å²) in [6.07, 6.45) is 1.82. The Hall–Kier alpha value is -5.15. The number of furan rings is 1. The van der Waals surface area contributed by atoms with E-state index in [1.165, 1.54) is 27.4 Å². The van der Waals surface area contributed by atoms with Crippen LogP contribution in [0.25, 0.3) is 71.8 Å². The Kier molecular flexibility index (Phi) is 4.52. The Balaban J connectivity index is 1.47. The summed E-state index contributed by atoms with van der Waals surface area (Å²) in [6.45, 7) is 0. The quantitative estimate of drug-likeness (QED) is 0.249. The molecule has 0 spiro atoms. The van der Waals surface area contributed by atoms with Gasteiger partial charge in [0.05, 0.1) is 11.0 Å². The molecule has 0 fully saturated rings. The van der Waals surface area contributed by atoms with E-state index in [-0.39, 0.29) is 0 Å². The zero-order chi connectivity index (χ0) is 25.1. The Bertz CT molecular complexity index is 2080. The van der Waals surface area contributed by atoms with Crippen LogP contribution in [0, 0.1) is 0 Å². The number of fused-ring (bicyclic) bond motifs is 6. The maximum atomic E-state index is 6.39. The van der Waals surface area contributed by atoms with Crippen molar-refractivity contribution in [1.29, 1.82) is 0 Å². The second-order valence-corrected chi connectivity index (χ2v) is 9.64. The first kappa shape index (κ1) is 21.0. The molecule has 3 nitrogen and oxygen atoms in total. The van der Waals surface area contributed by atoms with Crippen molar-refractivity contribution in [2.75, 3.05) is 0 Å². The van der Waals surface area contributed by atoms with Gasteiger partial charge < -0.3 is 8.98 Å². The van der Waals surface area contributed by atoms with Crippen molar-refractivity contribution in [3.63, 3.8) is 0 Å². The molecule has 178 valence electrons. The first-order chi connectivity index (χ1) is 18.8. The van der Waals surface area contributed by atoms with Crippen LogP contribution in [0.1, 0.15) is 0 Å². The van der Waals surface area contributed by atoms with Crippen molar-refractivity contribution in [1.82, 2.24) is 9.55 Å². The van der Waals surface area contributed by atoms with Crippen molar-refractivity contribution < 1.29 is 4.42 Å². The van der Waals surface area contributed by atoms with E-state index >= 15 is 0 Å². The van der Waals surface area contributed by atoms with Crippen LogP contribution in [0.5, 0.6) is 0 Å². The normalized spacial score (nSPS) is 11.7. The maximum absolute atomic E-state index is 6.39. The molecule has 0 aliphatic rings. The Labute approximate surface area is 219 Å². The highest BCUT2D eigenvalue weighted by Gasteiger charge is 2.17. The summed E-state index contributed by atoms with van der Waals surface area (Å²) >= 11 is 0. The lowest BCUT2D eigenvalue weighted by Crippen LogP contribution is -1.96. The number of rotatable bonds is 3. The van der Waals surface area contributed by atoms with E-state index in [4.69, 9.17) is 4.42 Å². The minimum absolute atomic E-state index is 0.803. The Morgan fingerprint density at radius 1 is 0.526 bits per heavy atom. The van der Waals surface area contributed by atoms with Gasteiger partial charge in [0.2, 0.25) is 0 Å². The third-order valence-electron chi connectivity index (χ3n) is 7.43. The summed E-state index contributed by atoms with van der Waals surface area (Å²) in [6, 6.07) is 44.9. The van der Waals surface area contributed by atoms with Crippen LogP contribution >= 0.6 is 0 Å². The van der Waals surface area contributed by atoms with Crippen molar-refractivity contribution >= 4 is 43.9 Å². The molecule has 8 aromatic rings. The number of aromatic nitrogens is 2. The van der Waals surface area contributed by atoms with Crippen LogP contribution in [-0.4, -0.2) is 9.55 Å². The highest BCUT2D eigenvalue weighted by Crippen LogP contribution is 2.39. The minimum Gasteiger partial charge on any atom is -0.454 e. The monoisotopic (exact) mass is 486 g/mol. The molecule has 0 saturated heterocycles. The van der Waals surface area contributed by atoms with Gasteiger partial charge in [0.1, 0.15) is 11.1 Å². The van der Waals surface area contributed by atoms with E-state index in [9.17, 15) is 0 Å². The van der Waals surface area contributed by atoms with Crippen LogP contribution in [0.2, 0.25) is 0 Å².